The Morgan fingerprint density at radius 2 is 1.92 bits per heavy atom. The maximum atomic E-state index is 12.2. The Morgan fingerprint density at radius 3 is 2.50 bits per heavy atom. The second kappa shape index (κ2) is 7.96. The molecule has 7 heteroatoms. The Hall–Kier alpha value is -3.09. The zero-order valence-corrected chi connectivity index (χ0v) is 13.3. The molecule has 0 bridgehead atoms. The Labute approximate surface area is 138 Å². The molecule has 2 aromatic carbocycles. The average molecular weight is 331 g/mol. The van der Waals surface area contributed by atoms with Gasteiger partial charge >= 0.3 is 11.7 Å². The van der Waals surface area contributed by atoms with Gasteiger partial charge in [-0.25, -0.2) is 4.79 Å². The summed E-state index contributed by atoms with van der Waals surface area (Å²) in [5.74, 6) is -0.335. The van der Waals surface area contributed by atoms with Crippen LogP contribution in [0.2, 0.25) is 0 Å². The SMILES string of the molecule is CCOC(=O)[C@@H](Oc1ccc(OC)cc1[N+](=O)[O-])c1ccccc1. The van der Waals surface area contributed by atoms with Crippen molar-refractivity contribution in [2.24, 2.45) is 0 Å². The molecule has 0 spiro atoms. The minimum atomic E-state index is -1.10. The number of rotatable bonds is 7. The molecule has 2 aromatic rings. The fraction of sp³-hybridized carbons (Fsp3) is 0.235. The molecule has 0 saturated heterocycles. The standard InChI is InChI=1S/C17H17NO6/c1-3-23-17(19)16(12-7-5-4-6-8-12)24-15-10-9-13(22-2)11-14(15)18(20)21/h4-11,16H,3H2,1-2H3/t16-/m0/s1. The highest BCUT2D eigenvalue weighted by Crippen LogP contribution is 2.34. The first-order valence-corrected chi connectivity index (χ1v) is 7.27. The normalized spacial score (nSPS) is 11.4. The Morgan fingerprint density at radius 1 is 1.21 bits per heavy atom. The molecule has 1 atom stereocenters. The van der Waals surface area contributed by atoms with Gasteiger partial charge in [0.05, 0.1) is 24.7 Å². The zero-order chi connectivity index (χ0) is 17.5. The predicted molar refractivity (Wildman–Crippen MR) is 86.1 cm³/mol. The van der Waals surface area contributed by atoms with E-state index in [4.69, 9.17) is 14.2 Å². The quantitative estimate of drug-likeness (QED) is 0.439. The Balaban J connectivity index is 2.39. The van der Waals surface area contributed by atoms with Crippen LogP contribution in [0.1, 0.15) is 18.6 Å². The van der Waals surface area contributed by atoms with Crippen LogP contribution in [0.4, 0.5) is 5.69 Å². The van der Waals surface area contributed by atoms with Crippen LogP contribution in [0.15, 0.2) is 48.5 Å². The summed E-state index contributed by atoms with van der Waals surface area (Å²) in [6.07, 6.45) is -1.10. The number of nitro groups is 1. The third-order valence-electron chi connectivity index (χ3n) is 3.21. The molecule has 0 aliphatic rings. The molecule has 0 aliphatic heterocycles. The second-order valence-corrected chi connectivity index (χ2v) is 4.75. The van der Waals surface area contributed by atoms with Gasteiger partial charge in [0.25, 0.3) is 0 Å². The number of carbonyl (C=O) groups is 1. The van der Waals surface area contributed by atoms with E-state index in [2.05, 4.69) is 0 Å². The number of ether oxygens (including phenoxy) is 3. The van der Waals surface area contributed by atoms with Crippen molar-refractivity contribution >= 4 is 11.7 Å². The Bertz CT molecular complexity index is 716. The van der Waals surface area contributed by atoms with Crippen LogP contribution >= 0.6 is 0 Å². The molecule has 0 aromatic heterocycles. The maximum Gasteiger partial charge on any atom is 0.352 e. The molecule has 0 saturated carbocycles. The van der Waals surface area contributed by atoms with Gasteiger partial charge in [0.2, 0.25) is 6.10 Å². The van der Waals surface area contributed by atoms with Gasteiger partial charge in [-0.05, 0) is 19.1 Å². The van der Waals surface area contributed by atoms with Gasteiger partial charge in [0, 0.05) is 5.56 Å². The zero-order valence-electron chi connectivity index (χ0n) is 13.3. The van der Waals surface area contributed by atoms with E-state index in [1.165, 1.54) is 25.3 Å². The van der Waals surface area contributed by atoms with Crippen molar-refractivity contribution in [3.8, 4) is 11.5 Å². The fourth-order valence-electron chi connectivity index (χ4n) is 2.09. The maximum absolute atomic E-state index is 12.2. The van der Waals surface area contributed by atoms with E-state index in [1.54, 1.807) is 37.3 Å². The van der Waals surface area contributed by atoms with Crippen molar-refractivity contribution in [2.45, 2.75) is 13.0 Å². The first-order chi connectivity index (χ1) is 11.6. The number of hydrogen-bond acceptors (Lipinski definition) is 6. The Kier molecular flexibility index (Phi) is 5.73. The van der Waals surface area contributed by atoms with Gasteiger partial charge < -0.3 is 14.2 Å². The monoisotopic (exact) mass is 331 g/mol. The van der Waals surface area contributed by atoms with Gasteiger partial charge in [-0.15, -0.1) is 0 Å². The van der Waals surface area contributed by atoms with E-state index in [0.29, 0.717) is 11.3 Å². The van der Waals surface area contributed by atoms with Crippen LogP contribution < -0.4 is 9.47 Å². The highest BCUT2D eigenvalue weighted by Gasteiger charge is 2.27. The second-order valence-electron chi connectivity index (χ2n) is 4.75. The van der Waals surface area contributed by atoms with E-state index in [1.807, 2.05) is 0 Å². The lowest BCUT2D eigenvalue weighted by molar-refractivity contribution is -0.386. The molecule has 0 amide bonds. The molecule has 7 nitrogen and oxygen atoms in total. The number of nitrogens with zero attached hydrogens (tertiary/aromatic N) is 1. The molecular weight excluding hydrogens is 314 g/mol. The summed E-state index contributed by atoms with van der Waals surface area (Å²) in [5, 5.41) is 11.3. The molecule has 0 aliphatic carbocycles. The van der Waals surface area contributed by atoms with Crippen molar-refractivity contribution in [2.75, 3.05) is 13.7 Å². The summed E-state index contributed by atoms with van der Waals surface area (Å²) in [5.41, 5.74) is 0.251. The molecule has 2 rings (SSSR count). The van der Waals surface area contributed by atoms with Gasteiger partial charge in [0.1, 0.15) is 5.75 Å². The number of benzene rings is 2. The van der Waals surface area contributed by atoms with Crippen LogP contribution in [0.5, 0.6) is 11.5 Å². The van der Waals surface area contributed by atoms with Crippen molar-refractivity contribution in [1.82, 2.24) is 0 Å². The first kappa shape index (κ1) is 17.3. The summed E-state index contributed by atoms with van der Waals surface area (Å²) < 4.78 is 15.6. The highest BCUT2D eigenvalue weighted by molar-refractivity contribution is 5.77. The lowest BCUT2D eigenvalue weighted by atomic mass is 10.1. The van der Waals surface area contributed by atoms with E-state index in [-0.39, 0.29) is 18.0 Å². The number of hydrogen-bond donors (Lipinski definition) is 0. The minimum absolute atomic E-state index is 0.0392. The van der Waals surface area contributed by atoms with Crippen molar-refractivity contribution in [3.05, 3.63) is 64.2 Å². The van der Waals surface area contributed by atoms with E-state index in [0.717, 1.165) is 0 Å². The topological polar surface area (TPSA) is 87.9 Å². The molecule has 126 valence electrons. The summed E-state index contributed by atoms with van der Waals surface area (Å²) in [6.45, 7) is 1.85. The number of nitro benzene ring substituents is 1. The van der Waals surface area contributed by atoms with Crippen molar-refractivity contribution < 1.29 is 23.9 Å². The number of carbonyl (C=O) groups excluding carboxylic acids is 1. The number of esters is 1. The predicted octanol–water partition coefficient (Wildman–Crippen LogP) is 3.29. The summed E-state index contributed by atoms with van der Waals surface area (Å²) >= 11 is 0. The molecule has 24 heavy (non-hydrogen) atoms. The van der Waals surface area contributed by atoms with E-state index < -0.39 is 17.0 Å². The molecule has 0 heterocycles. The molecule has 0 fully saturated rings. The van der Waals surface area contributed by atoms with Crippen LogP contribution in [0.25, 0.3) is 0 Å². The first-order valence-electron chi connectivity index (χ1n) is 7.27. The average Bonchev–Trinajstić information content (AvgIpc) is 2.60. The number of methoxy groups -OCH3 is 1. The smallest absolute Gasteiger partial charge is 0.352 e. The van der Waals surface area contributed by atoms with Crippen LogP contribution in [0, 0.1) is 10.1 Å². The van der Waals surface area contributed by atoms with Gasteiger partial charge in [-0.1, -0.05) is 30.3 Å². The van der Waals surface area contributed by atoms with Crippen LogP contribution in [0.3, 0.4) is 0 Å². The van der Waals surface area contributed by atoms with Crippen molar-refractivity contribution in [3.63, 3.8) is 0 Å². The minimum Gasteiger partial charge on any atom is -0.496 e. The van der Waals surface area contributed by atoms with Gasteiger partial charge in [-0.3, -0.25) is 10.1 Å². The lowest BCUT2D eigenvalue weighted by Gasteiger charge is -2.18. The fourth-order valence-corrected chi connectivity index (χ4v) is 2.09. The van der Waals surface area contributed by atoms with Crippen molar-refractivity contribution in [1.29, 1.82) is 0 Å². The van der Waals surface area contributed by atoms with Crippen LogP contribution in [-0.4, -0.2) is 24.6 Å². The third kappa shape index (κ3) is 4.01. The molecular formula is C17H17NO6. The summed E-state index contributed by atoms with van der Waals surface area (Å²) in [6, 6.07) is 12.8. The van der Waals surface area contributed by atoms with Crippen LogP contribution in [-0.2, 0) is 9.53 Å². The largest absolute Gasteiger partial charge is 0.496 e. The lowest BCUT2D eigenvalue weighted by Crippen LogP contribution is -2.21. The third-order valence-corrected chi connectivity index (χ3v) is 3.21. The van der Waals surface area contributed by atoms with Gasteiger partial charge in [0.15, 0.2) is 5.75 Å². The van der Waals surface area contributed by atoms with Gasteiger partial charge in [-0.2, -0.15) is 0 Å². The molecule has 0 radical (unpaired) electrons. The van der Waals surface area contributed by atoms with E-state index >= 15 is 0 Å². The summed E-state index contributed by atoms with van der Waals surface area (Å²) in [7, 11) is 1.41. The molecule has 0 unspecified atom stereocenters. The van der Waals surface area contributed by atoms with E-state index in [9.17, 15) is 14.9 Å². The summed E-state index contributed by atoms with van der Waals surface area (Å²) in [4.78, 5) is 22.9. The highest BCUT2D eigenvalue weighted by atomic mass is 16.6. The molecule has 0 N–H and O–H groups in total.